The number of carbonyl (C=O) groups is 2. The maximum Gasteiger partial charge on any atom is 0.258 e. The Morgan fingerprint density at radius 1 is 1.06 bits per heavy atom. The van der Waals surface area contributed by atoms with Crippen LogP contribution in [0.15, 0.2) is 65.6 Å². The topological polar surface area (TPSA) is 67.4 Å². The van der Waals surface area contributed by atoms with Gasteiger partial charge >= 0.3 is 0 Å². The highest BCUT2D eigenvalue weighted by molar-refractivity contribution is 8.00. The summed E-state index contributed by atoms with van der Waals surface area (Å²) < 4.78 is 19.0. The Bertz CT molecular complexity index is 1110. The molecule has 0 unspecified atom stereocenters. The van der Waals surface area contributed by atoms with Crippen molar-refractivity contribution < 1.29 is 18.7 Å². The maximum atomic E-state index is 13.7. The first-order valence-corrected chi connectivity index (χ1v) is 10.7. The lowest BCUT2D eigenvalue weighted by molar-refractivity contribution is -0.113. The molecule has 5 nitrogen and oxygen atoms in total. The maximum absolute atomic E-state index is 13.7. The van der Waals surface area contributed by atoms with Gasteiger partial charge < -0.3 is 15.4 Å². The van der Waals surface area contributed by atoms with Crippen LogP contribution in [0.3, 0.4) is 0 Å². The lowest BCUT2D eigenvalue weighted by Gasteiger charge is -2.12. The van der Waals surface area contributed by atoms with Gasteiger partial charge in [-0.1, -0.05) is 23.7 Å². The first kappa shape index (κ1) is 22.7. The predicted octanol–water partition coefficient (Wildman–Crippen LogP) is 5.78. The highest BCUT2D eigenvalue weighted by atomic mass is 35.5. The summed E-state index contributed by atoms with van der Waals surface area (Å²) in [5.41, 5.74) is 1.90. The van der Waals surface area contributed by atoms with Crippen molar-refractivity contribution in [2.45, 2.75) is 11.8 Å². The van der Waals surface area contributed by atoms with E-state index in [9.17, 15) is 14.0 Å². The van der Waals surface area contributed by atoms with Crippen LogP contribution in [-0.4, -0.2) is 24.7 Å². The second-order valence-corrected chi connectivity index (χ2v) is 8.05. The average Bonchev–Trinajstić information content (AvgIpc) is 2.76. The third-order valence-electron chi connectivity index (χ3n) is 4.36. The molecular weight excluding hydrogens is 439 g/mol. The number of halogens is 2. The van der Waals surface area contributed by atoms with E-state index in [0.717, 1.165) is 10.5 Å². The molecule has 0 fully saturated rings. The zero-order valence-corrected chi connectivity index (χ0v) is 18.4. The molecule has 0 saturated heterocycles. The smallest absolute Gasteiger partial charge is 0.258 e. The Labute approximate surface area is 188 Å². The summed E-state index contributed by atoms with van der Waals surface area (Å²) in [6.07, 6.45) is 0. The van der Waals surface area contributed by atoms with Crippen LogP contribution in [0, 0.1) is 12.7 Å². The van der Waals surface area contributed by atoms with Crippen molar-refractivity contribution >= 4 is 46.6 Å². The Hall–Kier alpha value is -3.03. The molecule has 2 amide bonds. The van der Waals surface area contributed by atoms with Crippen LogP contribution in [0.4, 0.5) is 15.8 Å². The van der Waals surface area contributed by atoms with E-state index in [1.807, 2.05) is 6.92 Å². The van der Waals surface area contributed by atoms with Crippen LogP contribution < -0.4 is 15.4 Å². The van der Waals surface area contributed by atoms with Gasteiger partial charge in [0.1, 0.15) is 11.6 Å². The molecule has 0 atom stereocenters. The third kappa shape index (κ3) is 5.99. The van der Waals surface area contributed by atoms with Crippen molar-refractivity contribution in [2.75, 3.05) is 23.5 Å². The molecule has 3 aromatic rings. The minimum atomic E-state index is -0.578. The van der Waals surface area contributed by atoms with Gasteiger partial charge in [-0.25, -0.2) is 4.39 Å². The summed E-state index contributed by atoms with van der Waals surface area (Å²) in [5, 5.41) is 6.04. The van der Waals surface area contributed by atoms with Crippen molar-refractivity contribution in [1.82, 2.24) is 0 Å². The van der Waals surface area contributed by atoms with Crippen LogP contribution in [0.2, 0.25) is 5.02 Å². The van der Waals surface area contributed by atoms with Gasteiger partial charge in [-0.2, -0.15) is 0 Å². The average molecular weight is 459 g/mol. The number of thioether (sulfide) groups is 1. The van der Waals surface area contributed by atoms with E-state index in [1.165, 1.54) is 37.1 Å². The normalized spacial score (nSPS) is 10.5. The highest BCUT2D eigenvalue weighted by Crippen LogP contribution is 2.31. The fourth-order valence-corrected chi connectivity index (χ4v) is 3.60. The summed E-state index contributed by atoms with van der Waals surface area (Å²) in [4.78, 5) is 25.4. The molecule has 0 aliphatic carbocycles. The fourth-order valence-electron chi connectivity index (χ4n) is 2.74. The molecule has 0 spiro atoms. The van der Waals surface area contributed by atoms with Gasteiger partial charge in [0, 0.05) is 21.7 Å². The van der Waals surface area contributed by atoms with E-state index in [1.54, 1.807) is 42.5 Å². The van der Waals surface area contributed by atoms with Crippen LogP contribution in [0.25, 0.3) is 0 Å². The monoisotopic (exact) mass is 458 g/mol. The minimum Gasteiger partial charge on any atom is -0.495 e. The van der Waals surface area contributed by atoms with Gasteiger partial charge in [-0.05, 0) is 55.0 Å². The first-order valence-electron chi connectivity index (χ1n) is 9.30. The van der Waals surface area contributed by atoms with Crippen molar-refractivity contribution in [3.8, 4) is 5.75 Å². The standard InChI is InChI=1S/C23H20ClFN2O3S/c1-14-11-20(21(30-2)12-18(14)24)27-22(28)13-31-16-9-7-15(8-10-16)26-23(29)17-5-3-4-6-19(17)25/h3-12H,13H2,1-2H3,(H,26,29)(H,27,28). The number of amides is 2. The summed E-state index contributed by atoms with van der Waals surface area (Å²) in [5.74, 6) is -0.618. The van der Waals surface area contributed by atoms with Gasteiger partial charge in [0.2, 0.25) is 5.91 Å². The zero-order valence-electron chi connectivity index (χ0n) is 16.9. The Balaban J connectivity index is 1.56. The molecule has 0 bridgehead atoms. The summed E-state index contributed by atoms with van der Waals surface area (Å²) >= 11 is 7.43. The number of aryl methyl sites for hydroxylation is 1. The highest BCUT2D eigenvalue weighted by Gasteiger charge is 2.12. The molecule has 0 aliphatic rings. The molecule has 160 valence electrons. The van der Waals surface area contributed by atoms with Gasteiger partial charge in [0.05, 0.1) is 24.1 Å². The first-order chi connectivity index (χ1) is 14.9. The summed E-state index contributed by atoms with van der Waals surface area (Å²) in [7, 11) is 1.51. The van der Waals surface area contributed by atoms with Gasteiger partial charge in [-0.3, -0.25) is 9.59 Å². The molecule has 0 radical (unpaired) electrons. The van der Waals surface area contributed by atoms with E-state index in [0.29, 0.717) is 22.1 Å². The zero-order chi connectivity index (χ0) is 22.4. The van der Waals surface area contributed by atoms with Crippen LogP contribution in [0.5, 0.6) is 5.75 Å². The lowest BCUT2D eigenvalue weighted by atomic mass is 10.2. The number of hydrogen-bond donors (Lipinski definition) is 2. The number of rotatable bonds is 7. The molecule has 2 N–H and O–H groups in total. The largest absolute Gasteiger partial charge is 0.495 e. The van der Waals surface area contributed by atoms with E-state index in [4.69, 9.17) is 16.3 Å². The number of ether oxygens (including phenoxy) is 1. The minimum absolute atomic E-state index is 0.0227. The van der Waals surface area contributed by atoms with Gasteiger partial charge in [0.25, 0.3) is 5.91 Å². The number of methoxy groups -OCH3 is 1. The molecule has 0 aromatic heterocycles. The quantitative estimate of drug-likeness (QED) is 0.440. The van der Waals surface area contributed by atoms with Crippen molar-refractivity contribution in [1.29, 1.82) is 0 Å². The predicted molar refractivity (Wildman–Crippen MR) is 123 cm³/mol. The Morgan fingerprint density at radius 3 is 2.45 bits per heavy atom. The fraction of sp³-hybridized carbons (Fsp3) is 0.130. The summed E-state index contributed by atoms with van der Waals surface area (Å²) in [6, 6.07) is 16.2. The Morgan fingerprint density at radius 2 is 1.77 bits per heavy atom. The van der Waals surface area contributed by atoms with Crippen molar-refractivity contribution in [3.05, 3.63) is 82.6 Å². The number of hydrogen-bond acceptors (Lipinski definition) is 4. The molecule has 3 rings (SSSR count). The number of carbonyl (C=O) groups excluding carboxylic acids is 2. The number of anilines is 2. The third-order valence-corrected chi connectivity index (χ3v) is 5.77. The second kappa shape index (κ2) is 10.3. The van der Waals surface area contributed by atoms with E-state index in [-0.39, 0.29) is 17.2 Å². The molecule has 0 saturated carbocycles. The molecule has 0 aliphatic heterocycles. The molecule has 31 heavy (non-hydrogen) atoms. The summed E-state index contributed by atoms with van der Waals surface area (Å²) in [6.45, 7) is 1.85. The van der Waals surface area contributed by atoms with Crippen molar-refractivity contribution in [3.63, 3.8) is 0 Å². The molecule has 0 heterocycles. The van der Waals surface area contributed by atoms with E-state index >= 15 is 0 Å². The molecule has 8 heteroatoms. The van der Waals surface area contributed by atoms with Gasteiger partial charge in [-0.15, -0.1) is 11.8 Å². The van der Waals surface area contributed by atoms with Gasteiger partial charge in [0.15, 0.2) is 0 Å². The van der Waals surface area contributed by atoms with Crippen LogP contribution in [-0.2, 0) is 4.79 Å². The van der Waals surface area contributed by atoms with Crippen LogP contribution >= 0.6 is 23.4 Å². The second-order valence-electron chi connectivity index (χ2n) is 6.60. The lowest BCUT2D eigenvalue weighted by Crippen LogP contribution is -2.15. The van der Waals surface area contributed by atoms with E-state index < -0.39 is 11.7 Å². The SMILES string of the molecule is COc1cc(Cl)c(C)cc1NC(=O)CSc1ccc(NC(=O)c2ccccc2F)cc1. The van der Waals surface area contributed by atoms with Crippen molar-refractivity contribution in [2.24, 2.45) is 0 Å². The Kier molecular flexibility index (Phi) is 7.55. The number of nitrogens with one attached hydrogen (secondary N) is 2. The molecule has 3 aromatic carbocycles. The van der Waals surface area contributed by atoms with E-state index in [2.05, 4.69) is 10.6 Å². The van der Waals surface area contributed by atoms with Crippen LogP contribution in [0.1, 0.15) is 15.9 Å². The number of benzene rings is 3. The molecular formula is C23H20ClFN2O3S.